The van der Waals surface area contributed by atoms with Gasteiger partial charge in [-0.05, 0) is 13.3 Å². The largest absolute Gasteiger partial charge is 0.466 e. The molecule has 0 saturated heterocycles. The van der Waals surface area contributed by atoms with Crippen LogP contribution in [0.2, 0.25) is 0 Å². The topological polar surface area (TPSA) is 81.4 Å². The van der Waals surface area contributed by atoms with Crippen LogP contribution in [-0.4, -0.2) is 31.1 Å². The predicted molar refractivity (Wildman–Crippen MR) is 61.8 cm³/mol. The molecular formula is C11H22N2O3. The Bertz CT molecular complexity index is 219. The molecule has 0 rings (SSSR count). The van der Waals surface area contributed by atoms with Gasteiger partial charge in [0.15, 0.2) is 0 Å². The van der Waals surface area contributed by atoms with Crippen molar-refractivity contribution in [1.82, 2.24) is 5.32 Å². The molecule has 0 radical (unpaired) electrons. The molecule has 0 saturated carbocycles. The van der Waals surface area contributed by atoms with E-state index in [0.717, 1.165) is 12.8 Å². The summed E-state index contributed by atoms with van der Waals surface area (Å²) in [6.45, 7) is 4.45. The summed E-state index contributed by atoms with van der Waals surface area (Å²) >= 11 is 0. The number of carbonyl (C=O) groups excluding carboxylic acids is 2. The molecule has 1 amide bonds. The predicted octanol–water partition coefficient (Wildman–Crippen LogP) is 0.573. The van der Waals surface area contributed by atoms with Crippen LogP contribution >= 0.6 is 0 Å². The standard InChI is InChI=1S/C11H22N2O3/c1-3-5-6-9(12)11(15)13-8-7-10(14)16-4-2/h9H,3-8,12H2,1-2H3,(H,13,15). The summed E-state index contributed by atoms with van der Waals surface area (Å²) in [7, 11) is 0. The van der Waals surface area contributed by atoms with Crippen LogP contribution in [0, 0.1) is 0 Å². The van der Waals surface area contributed by atoms with E-state index in [1.54, 1.807) is 6.92 Å². The van der Waals surface area contributed by atoms with Gasteiger partial charge in [0.2, 0.25) is 5.91 Å². The van der Waals surface area contributed by atoms with Gasteiger partial charge in [0.05, 0.1) is 19.1 Å². The van der Waals surface area contributed by atoms with Gasteiger partial charge in [-0.1, -0.05) is 19.8 Å². The zero-order valence-corrected chi connectivity index (χ0v) is 10.1. The molecule has 0 spiro atoms. The molecule has 0 aromatic rings. The Hall–Kier alpha value is -1.10. The molecule has 0 aliphatic rings. The molecule has 1 unspecified atom stereocenters. The van der Waals surface area contributed by atoms with E-state index in [2.05, 4.69) is 5.32 Å². The number of nitrogens with two attached hydrogens (primary N) is 1. The third kappa shape index (κ3) is 7.23. The minimum absolute atomic E-state index is 0.195. The van der Waals surface area contributed by atoms with Gasteiger partial charge in [-0.25, -0.2) is 0 Å². The Morgan fingerprint density at radius 1 is 1.38 bits per heavy atom. The van der Waals surface area contributed by atoms with E-state index < -0.39 is 6.04 Å². The molecule has 0 aromatic carbocycles. The van der Waals surface area contributed by atoms with E-state index in [9.17, 15) is 9.59 Å². The second-order valence-electron chi connectivity index (χ2n) is 3.59. The van der Waals surface area contributed by atoms with E-state index in [0.29, 0.717) is 13.0 Å². The quantitative estimate of drug-likeness (QED) is 0.597. The number of carbonyl (C=O) groups is 2. The highest BCUT2D eigenvalue weighted by Gasteiger charge is 2.12. The van der Waals surface area contributed by atoms with Gasteiger partial charge in [-0.3, -0.25) is 9.59 Å². The Morgan fingerprint density at radius 3 is 2.62 bits per heavy atom. The van der Waals surface area contributed by atoms with Crippen molar-refractivity contribution >= 4 is 11.9 Å². The molecule has 0 aliphatic carbocycles. The van der Waals surface area contributed by atoms with Crippen LogP contribution in [0.3, 0.4) is 0 Å². The first-order chi connectivity index (χ1) is 7.61. The van der Waals surface area contributed by atoms with Crippen LogP contribution in [0.1, 0.15) is 39.5 Å². The smallest absolute Gasteiger partial charge is 0.307 e. The molecule has 3 N–H and O–H groups in total. The fraction of sp³-hybridized carbons (Fsp3) is 0.818. The zero-order chi connectivity index (χ0) is 12.4. The minimum atomic E-state index is -0.470. The number of esters is 1. The van der Waals surface area contributed by atoms with E-state index in [1.807, 2.05) is 6.92 Å². The average molecular weight is 230 g/mol. The second kappa shape index (κ2) is 9.15. The summed E-state index contributed by atoms with van der Waals surface area (Å²) in [6.07, 6.45) is 2.83. The van der Waals surface area contributed by atoms with E-state index in [-0.39, 0.29) is 24.8 Å². The third-order valence-corrected chi connectivity index (χ3v) is 2.14. The second-order valence-corrected chi connectivity index (χ2v) is 3.59. The molecule has 0 aromatic heterocycles. The van der Waals surface area contributed by atoms with Crippen molar-refractivity contribution in [3.63, 3.8) is 0 Å². The van der Waals surface area contributed by atoms with Gasteiger partial charge >= 0.3 is 5.97 Å². The van der Waals surface area contributed by atoms with Gasteiger partial charge in [-0.15, -0.1) is 0 Å². The SMILES string of the molecule is CCCCC(N)C(=O)NCCC(=O)OCC. The number of hydrogen-bond donors (Lipinski definition) is 2. The number of unbranched alkanes of at least 4 members (excludes halogenated alkanes) is 1. The van der Waals surface area contributed by atoms with Gasteiger partial charge in [0.25, 0.3) is 0 Å². The normalized spacial score (nSPS) is 11.9. The minimum Gasteiger partial charge on any atom is -0.466 e. The highest BCUT2D eigenvalue weighted by atomic mass is 16.5. The number of amides is 1. The Kier molecular flexibility index (Phi) is 8.52. The van der Waals surface area contributed by atoms with Crippen molar-refractivity contribution in [3.8, 4) is 0 Å². The summed E-state index contributed by atoms with van der Waals surface area (Å²) in [5.74, 6) is -0.498. The van der Waals surface area contributed by atoms with Crippen molar-refractivity contribution in [3.05, 3.63) is 0 Å². The zero-order valence-electron chi connectivity index (χ0n) is 10.1. The molecule has 0 bridgehead atoms. The van der Waals surface area contributed by atoms with Crippen LogP contribution in [0.4, 0.5) is 0 Å². The fourth-order valence-electron chi connectivity index (χ4n) is 1.21. The number of hydrogen-bond acceptors (Lipinski definition) is 4. The van der Waals surface area contributed by atoms with Gasteiger partial charge < -0.3 is 15.8 Å². The number of nitrogens with one attached hydrogen (secondary N) is 1. The molecule has 5 nitrogen and oxygen atoms in total. The molecular weight excluding hydrogens is 208 g/mol. The van der Waals surface area contributed by atoms with Crippen molar-refractivity contribution < 1.29 is 14.3 Å². The van der Waals surface area contributed by atoms with E-state index in [1.165, 1.54) is 0 Å². The molecule has 94 valence electrons. The van der Waals surface area contributed by atoms with Crippen LogP contribution in [-0.2, 0) is 14.3 Å². The lowest BCUT2D eigenvalue weighted by Crippen LogP contribution is -2.41. The van der Waals surface area contributed by atoms with Gasteiger partial charge in [0, 0.05) is 6.54 Å². The first-order valence-corrected chi connectivity index (χ1v) is 5.80. The number of rotatable bonds is 8. The summed E-state index contributed by atoms with van der Waals surface area (Å²) in [4.78, 5) is 22.4. The van der Waals surface area contributed by atoms with E-state index in [4.69, 9.17) is 10.5 Å². The highest BCUT2D eigenvalue weighted by molar-refractivity contribution is 5.81. The maximum Gasteiger partial charge on any atom is 0.307 e. The lowest BCUT2D eigenvalue weighted by atomic mass is 10.1. The Labute approximate surface area is 96.7 Å². The van der Waals surface area contributed by atoms with E-state index >= 15 is 0 Å². The summed E-state index contributed by atoms with van der Waals surface area (Å²) < 4.78 is 4.73. The molecule has 0 heterocycles. The Morgan fingerprint density at radius 2 is 2.06 bits per heavy atom. The van der Waals surface area contributed by atoms with Crippen LogP contribution < -0.4 is 11.1 Å². The lowest BCUT2D eigenvalue weighted by molar-refractivity contribution is -0.143. The van der Waals surface area contributed by atoms with Crippen molar-refractivity contribution in [2.45, 2.75) is 45.6 Å². The van der Waals surface area contributed by atoms with Crippen LogP contribution in [0.5, 0.6) is 0 Å². The average Bonchev–Trinajstić information content (AvgIpc) is 2.26. The maximum atomic E-state index is 11.4. The summed E-state index contributed by atoms with van der Waals surface area (Å²) in [5, 5.41) is 2.62. The molecule has 0 fully saturated rings. The maximum absolute atomic E-state index is 11.4. The monoisotopic (exact) mass is 230 g/mol. The highest BCUT2D eigenvalue weighted by Crippen LogP contribution is 1.98. The van der Waals surface area contributed by atoms with Crippen LogP contribution in [0.15, 0.2) is 0 Å². The van der Waals surface area contributed by atoms with Crippen LogP contribution in [0.25, 0.3) is 0 Å². The molecule has 16 heavy (non-hydrogen) atoms. The van der Waals surface area contributed by atoms with Gasteiger partial charge in [-0.2, -0.15) is 0 Å². The number of ether oxygens (including phenoxy) is 1. The first-order valence-electron chi connectivity index (χ1n) is 5.80. The molecule has 5 heteroatoms. The molecule has 0 aliphatic heterocycles. The lowest BCUT2D eigenvalue weighted by Gasteiger charge is -2.11. The van der Waals surface area contributed by atoms with Crippen molar-refractivity contribution in [1.29, 1.82) is 0 Å². The third-order valence-electron chi connectivity index (χ3n) is 2.14. The van der Waals surface area contributed by atoms with Crippen molar-refractivity contribution in [2.75, 3.05) is 13.2 Å². The summed E-state index contributed by atoms with van der Waals surface area (Å²) in [6, 6.07) is -0.470. The molecule has 1 atom stereocenters. The summed E-state index contributed by atoms with van der Waals surface area (Å²) in [5.41, 5.74) is 5.65. The van der Waals surface area contributed by atoms with Crippen molar-refractivity contribution in [2.24, 2.45) is 5.73 Å². The fourth-order valence-corrected chi connectivity index (χ4v) is 1.21. The Balaban J connectivity index is 3.60. The van der Waals surface area contributed by atoms with Gasteiger partial charge in [0.1, 0.15) is 0 Å². The first kappa shape index (κ1) is 14.9.